The number of Topliss-reactive ketones (excluding diaryl/α,β-unsaturated/α-hetero) is 1. The van der Waals surface area contributed by atoms with Crippen LogP contribution < -0.4 is 41.3 Å². The highest BCUT2D eigenvalue weighted by Gasteiger charge is 2.33. The summed E-state index contributed by atoms with van der Waals surface area (Å²) in [5, 5.41) is 18.4. The zero-order valence-electron chi connectivity index (χ0n) is 73.6. The van der Waals surface area contributed by atoms with Gasteiger partial charge in [-0.25, -0.2) is 19.3 Å². The zero-order valence-corrected chi connectivity index (χ0v) is 76.0. The van der Waals surface area contributed by atoms with Crippen molar-refractivity contribution in [2.24, 2.45) is 0 Å². The summed E-state index contributed by atoms with van der Waals surface area (Å²) in [5.41, 5.74) is 18.6. The summed E-state index contributed by atoms with van der Waals surface area (Å²) in [5.74, 6) is 8.62. The van der Waals surface area contributed by atoms with Crippen molar-refractivity contribution in [3.63, 3.8) is 0 Å². The third-order valence-electron chi connectivity index (χ3n) is 19.3. The Labute approximate surface area is 768 Å². The average Bonchev–Trinajstić information content (AvgIpc) is 1.48. The predicted molar refractivity (Wildman–Crippen MR) is 513 cm³/mol. The zero-order chi connectivity index (χ0) is 92.3. The molecule has 8 N–H and O–H groups in total. The Bertz CT molecular complexity index is 6060. The number of alkyl halides is 1. The number of H-pyrrole nitrogens is 1. The monoisotopic (exact) mass is 1830 g/mol. The number of nitrogens with two attached hydrogens (primary N) is 2. The van der Waals surface area contributed by atoms with Crippen LogP contribution in [0.25, 0.3) is 37.5 Å². The second-order valence-electron chi connectivity index (χ2n) is 31.4. The molecule has 0 saturated carbocycles. The molecule has 666 valence electrons. The van der Waals surface area contributed by atoms with Crippen molar-refractivity contribution < 1.29 is 60.1 Å². The van der Waals surface area contributed by atoms with E-state index in [4.69, 9.17) is 72.5 Å². The van der Waals surface area contributed by atoms with Crippen molar-refractivity contribution in [2.75, 3.05) is 43.0 Å². The lowest BCUT2D eigenvalue weighted by Crippen LogP contribution is -2.45. The summed E-state index contributed by atoms with van der Waals surface area (Å²) in [6, 6.07) is 97.7. The van der Waals surface area contributed by atoms with Gasteiger partial charge in [-0.3, -0.25) is 8.98 Å². The maximum atomic E-state index is 12.6. The second-order valence-corrected chi connectivity index (χ2v) is 33.5. The van der Waals surface area contributed by atoms with E-state index in [0.717, 1.165) is 92.2 Å². The van der Waals surface area contributed by atoms with Gasteiger partial charge in [0.15, 0.2) is 5.78 Å². The highest BCUT2D eigenvalue weighted by Crippen LogP contribution is 2.42. The van der Waals surface area contributed by atoms with E-state index in [2.05, 4.69) is 30.6 Å². The van der Waals surface area contributed by atoms with Gasteiger partial charge in [0.1, 0.15) is 98.0 Å². The van der Waals surface area contributed by atoms with Crippen LogP contribution in [0.3, 0.4) is 0 Å². The quantitative estimate of drug-likeness (QED) is 0.0192. The summed E-state index contributed by atoms with van der Waals surface area (Å²) >= 11 is 3.32. The predicted octanol–water partition coefficient (Wildman–Crippen LogP) is 26.4. The molecular formula is C104H104BrN11O13S. The molecule has 0 spiro atoms. The number of anilines is 2. The lowest BCUT2D eigenvalue weighted by Gasteiger charge is -2.35. The molecule has 130 heavy (non-hydrogen) atoms. The average molecular weight is 1830 g/mol. The van der Waals surface area contributed by atoms with E-state index in [9.17, 15) is 22.8 Å². The molecule has 0 radical (unpaired) electrons. The number of nitriles is 2. The molecule has 2 unspecified atom stereocenters. The number of benzene rings is 11. The minimum atomic E-state index is -3.84. The first-order chi connectivity index (χ1) is 62.1. The molecule has 4 heterocycles. The fourth-order valence-electron chi connectivity index (χ4n) is 13.0. The van der Waals surface area contributed by atoms with Crippen LogP contribution in [0.1, 0.15) is 102 Å². The summed E-state index contributed by atoms with van der Waals surface area (Å²) in [4.78, 5) is 49.2. The molecule has 2 saturated heterocycles. The number of aromatic nitrogens is 2. The first-order valence-corrected chi connectivity index (χ1v) is 44.0. The van der Waals surface area contributed by atoms with Crippen LogP contribution in [0.5, 0.6) is 57.5 Å². The molecule has 24 nitrogen and oxygen atoms in total. The van der Waals surface area contributed by atoms with Crippen LogP contribution in [0.2, 0.25) is 0 Å². The highest BCUT2D eigenvalue weighted by molar-refractivity contribution is 9.09. The Hall–Kier alpha value is -15.2. The Morgan fingerprint density at radius 2 is 0.831 bits per heavy atom. The molecular weight excluding hydrogens is 1720 g/mol. The van der Waals surface area contributed by atoms with E-state index in [0.29, 0.717) is 83.5 Å². The number of nitrogens with one attached hydrogen (secondary N) is 1. The summed E-state index contributed by atoms with van der Waals surface area (Å²) in [6.45, 7) is 31.2. The lowest BCUT2D eigenvalue weighted by molar-refractivity contribution is 0.00833. The fourth-order valence-corrected chi connectivity index (χ4v) is 14.7. The van der Waals surface area contributed by atoms with E-state index in [-0.39, 0.29) is 41.1 Å². The molecule has 2 atom stereocenters. The van der Waals surface area contributed by atoms with Gasteiger partial charge in [-0.1, -0.05) is 179 Å². The first-order valence-electron chi connectivity index (χ1n) is 41.5. The van der Waals surface area contributed by atoms with Crippen molar-refractivity contribution in [1.29, 1.82) is 10.5 Å². The standard InChI is InChI=1S/C27H30N4O3.C17H11BrN2O.C17H13N3O.C17H25NO5S.C14H12O2.C12H10O.H3N/c1-27(2,3)34-26(32)30-16-8-9-20(17-30)31-18-23(24(29-4)25(31)28)19-12-14-22(15-13-19)33-21-10-6-5-7-11-21;18-10-17(14(11-19)12-20)13-6-8-16(9-7-13)21-15-4-2-1-3-5-15;1-19-16-15(11-20-17(16)18)12-7-9-14(10-8-12)21-13-5-3-2-4-6-13;1-13-7-9-15(10-8-13)24(20,21)23-14-6-5-11-18(12-14)16(19)22-17(2,3)4;1-11(15)12-7-9-14(10-8-12)16-13-5-3-2-4-6-13;1-3-7-11(8-4-1)13-12-9-5-2-6-10-12;/h5-7,10-15,18,20H,8-9,16-17,28H2,1-3H3;1-9H,10H2;2-11,20H,18H2;7-10,14H,5-6,11-12H2,1-4H3;2-10H,1H3;1-10H;1H3. The smallest absolute Gasteiger partial charge is 0.410 e. The molecule has 2 aromatic heterocycles. The summed E-state index contributed by atoms with van der Waals surface area (Å²) < 4.78 is 71.4. The van der Waals surface area contributed by atoms with Crippen LogP contribution >= 0.6 is 15.9 Å². The number of likely N-dealkylation sites (tertiary alicyclic amines) is 2. The highest BCUT2D eigenvalue weighted by atomic mass is 79.9. The molecule has 0 aliphatic carbocycles. The minimum Gasteiger partial charge on any atom is -0.457 e. The number of halogens is 1. The van der Waals surface area contributed by atoms with Gasteiger partial charge in [0.25, 0.3) is 10.1 Å². The van der Waals surface area contributed by atoms with Crippen molar-refractivity contribution in [1.82, 2.24) is 25.5 Å². The number of rotatable bonds is 19. The maximum absolute atomic E-state index is 12.6. The molecule has 2 amide bonds. The molecule has 15 rings (SSSR count). The first kappa shape index (κ1) is 98.6. The Morgan fingerprint density at radius 1 is 0.485 bits per heavy atom. The number of ketones is 1. The van der Waals surface area contributed by atoms with Crippen LogP contribution in [0.15, 0.2) is 326 Å². The van der Waals surface area contributed by atoms with Crippen molar-refractivity contribution in [3.05, 3.63) is 361 Å². The minimum absolute atomic E-state index is 0. The number of hydrogen-bond donors (Lipinski definition) is 4. The number of amides is 2. The van der Waals surface area contributed by atoms with Gasteiger partial charge in [-0.05, 0) is 255 Å². The SMILES string of the molecule is CC(=O)c1ccc(Oc2ccccc2)cc1.Cc1ccc(S(=O)(=O)OC2CCCN(C(=O)OC(C)(C)C)C2)cc1.N.N#CC(C#N)=C(CBr)c1ccc(Oc2ccccc2)cc1.[C-]#[N+]c1c(-c2ccc(Oc3ccccc3)cc2)c[nH]c1N.[C-]#[N+]c1c(-c2ccc(Oc3ccccc3)cc2)cn(C2CCCN(C(=O)OC(C)(C)C)C2)c1N.c1ccc(Oc2ccccc2)cc1. The fraction of sp³-hybridized carbons (Fsp3) is 0.202. The summed E-state index contributed by atoms with van der Waals surface area (Å²) in [6.07, 6.45) is 5.34. The van der Waals surface area contributed by atoms with Gasteiger partial charge >= 0.3 is 12.2 Å². The van der Waals surface area contributed by atoms with E-state index < -0.39 is 33.5 Å². The molecule has 0 bridgehead atoms. The lowest BCUT2D eigenvalue weighted by atomic mass is 10.0. The van der Waals surface area contributed by atoms with Crippen LogP contribution in [-0.2, 0) is 23.8 Å². The van der Waals surface area contributed by atoms with E-state index >= 15 is 0 Å². The Kier molecular flexibility index (Phi) is 36.8. The molecule has 2 aliphatic heterocycles. The number of hydrogen-bond acceptors (Lipinski definition) is 18. The maximum Gasteiger partial charge on any atom is 0.410 e. The number of carbonyl (C=O) groups is 3. The normalized spacial score (nSPS) is 13.0. The molecule has 26 heteroatoms. The van der Waals surface area contributed by atoms with Gasteiger partial charge in [-0.15, -0.1) is 0 Å². The van der Waals surface area contributed by atoms with E-state index in [1.54, 1.807) is 75.2 Å². The van der Waals surface area contributed by atoms with Gasteiger partial charge in [0.2, 0.25) is 11.4 Å². The number of aryl methyl sites for hydroxylation is 1. The number of para-hydroxylation sites is 6. The van der Waals surface area contributed by atoms with Crippen LogP contribution in [-0.4, -0.2) is 94.6 Å². The Morgan fingerprint density at radius 3 is 1.18 bits per heavy atom. The van der Waals surface area contributed by atoms with Gasteiger partial charge < -0.3 is 70.1 Å². The van der Waals surface area contributed by atoms with Crippen LogP contribution in [0, 0.1) is 42.7 Å². The summed E-state index contributed by atoms with van der Waals surface area (Å²) in [7, 11) is -3.84. The largest absolute Gasteiger partial charge is 0.457 e. The Balaban J connectivity index is 0.000000180. The molecule has 2 fully saturated rings. The number of nitrogen functional groups attached to an aromatic ring is 2. The van der Waals surface area contributed by atoms with Gasteiger partial charge in [0, 0.05) is 47.9 Å². The molecule has 13 aromatic rings. The topological polar surface area (TPSA) is 330 Å². The van der Waals surface area contributed by atoms with Crippen molar-refractivity contribution >= 4 is 72.6 Å². The third-order valence-corrected chi connectivity index (χ3v) is 21.2. The third kappa shape index (κ3) is 30.6. The van der Waals surface area contributed by atoms with Gasteiger partial charge in [0.05, 0.1) is 36.7 Å². The van der Waals surface area contributed by atoms with Crippen molar-refractivity contribution in [2.45, 2.75) is 109 Å². The van der Waals surface area contributed by atoms with Crippen LogP contribution in [0.4, 0.5) is 32.6 Å². The number of ether oxygens (including phenoxy) is 7. The van der Waals surface area contributed by atoms with E-state index in [1.807, 2.05) is 305 Å². The molecule has 11 aromatic carbocycles. The second kappa shape index (κ2) is 48.5. The molecule has 2 aliphatic rings. The number of aromatic amines is 1. The number of allylic oxidation sites excluding steroid dienone is 2. The number of nitrogens with zero attached hydrogens (tertiary/aromatic N) is 7. The van der Waals surface area contributed by atoms with E-state index in [1.165, 1.54) is 17.0 Å². The van der Waals surface area contributed by atoms with Gasteiger partial charge in [-0.2, -0.15) is 18.9 Å². The number of piperidine rings is 2. The number of carbonyl (C=O) groups excluding carboxylic acids is 3. The van der Waals surface area contributed by atoms with Crippen molar-refractivity contribution in [3.8, 4) is 91.9 Å².